The summed E-state index contributed by atoms with van der Waals surface area (Å²) >= 11 is 2.87. The molecule has 0 radical (unpaired) electrons. The van der Waals surface area contributed by atoms with Crippen molar-refractivity contribution in [1.29, 1.82) is 0 Å². The minimum atomic E-state index is -0.127. The molecule has 0 aliphatic carbocycles. The first kappa shape index (κ1) is 34.5. The van der Waals surface area contributed by atoms with Crippen molar-refractivity contribution in [1.82, 2.24) is 9.80 Å². The van der Waals surface area contributed by atoms with Crippen LogP contribution in [0, 0.1) is 0 Å². The van der Waals surface area contributed by atoms with Crippen LogP contribution in [-0.2, 0) is 19.2 Å². The maximum absolute atomic E-state index is 11.0. The van der Waals surface area contributed by atoms with Gasteiger partial charge in [-0.3, -0.25) is 29.0 Å². The maximum Gasteiger partial charge on any atom is 0.242 e. The summed E-state index contributed by atoms with van der Waals surface area (Å²) in [6.45, 7) is 16.0. The van der Waals surface area contributed by atoms with E-state index in [0.717, 1.165) is 0 Å². The van der Waals surface area contributed by atoms with E-state index in [2.05, 4.69) is 0 Å². The molecule has 0 spiro atoms. The predicted molar refractivity (Wildman–Crippen MR) is 125 cm³/mol. The van der Waals surface area contributed by atoms with Crippen LogP contribution >= 0.6 is 23.5 Å². The topological polar surface area (TPSA) is 74.8 Å². The lowest BCUT2D eigenvalue weighted by molar-refractivity contribution is -0.138. The molecular formula is C20H42N2O4S2. The Bertz CT molecular complexity index is 406. The highest BCUT2D eigenvalue weighted by Gasteiger charge is 2.35. The van der Waals surface area contributed by atoms with E-state index >= 15 is 0 Å². The van der Waals surface area contributed by atoms with Crippen molar-refractivity contribution >= 4 is 47.2 Å². The number of carbonyl (C=O) groups excluding carboxylic acids is 4. The van der Waals surface area contributed by atoms with Crippen molar-refractivity contribution in [2.75, 3.05) is 26.6 Å². The van der Waals surface area contributed by atoms with Crippen LogP contribution < -0.4 is 0 Å². The average Bonchev–Trinajstić information content (AvgIpc) is 3.17. The van der Waals surface area contributed by atoms with E-state index in [-0.39, 0.29) is 34.1 Å². The van der Waals surface area contributed by atoms with Crippen LogP contribution in [0.1, 0.15) is 68.2 Å². The largest absolute Gasteiger partial charge is 0.285 e. The third-order valence-corrected chi connectivity index (χ3v) is 5.12. The van der Waals surface area contributed by atoms with Gasteiger partial charge in [0.15, 0.2) is 0 Å². The van der Waals surface area contributed by atoms with Crippen LogP contribution in [0.2, 0.25) is 0 Å². The van der Waals surface area contributed by atoms with Crippen molar-refractivity contribution < 1.29 is 19.2 Å². The summed E-state index contributed by atoms with van der Waals surface area (Å²) in [7, 11) is 3.06. The number of likely N-dealkylation sites (tertiary alicyclic amines) is 2. The van der Waals surface area contributed by atoms with Gasteiger partial charge in [0.05, 0.1) is 10.5 Å². The quantitative estimate of drug-likeness (QED) is 0.598. The molecule has 8 heteroatoms. The minimum Gasteiger partial charge on any atom is -0.285 e. The minimum absolute atomic E-state index is 0.0579. The zero-order valence-electron chi connectivity index (χ0n) is 19.9. The van der Waals surface area contributed by atoms with Crippen molar-refractivity contribution in [2.24, 2.45) is 0 Å². The fourth-order valence-electron chi connectivity index (χ4n) is 1.81. The Kier molecular flexibility index (Phi) is 27.4. The zero-order chi connectivity index (χ0) is 23.4. The molecule has 2 atom stereocenters. The summed E-state index contributed by atoms with van der Waals surface area (Å²) in [5.41, 5.74) is 0. The molecule has 28 heavy (non-hydrogen) atoms. The first-order valence-corrected chi connectivity index (χ1v) is 12.6. The number of hydrogen-bond donors (Lipinski definition) is 0. The molecule has 0 N–H and O–H groups in total. The molecule has 0 aromatic heterocycles. The molecule has 0 aromatic carbocycles. The first-order valence-electron chi connectivity index (χ1n) is 9.99. The van der Waals surface area contributed by atoms with E-state index in [4.69, 9.17) is 0 Å². The number of amides is 4. The second-order valence-electron chi connectivity index (χ2n) is 4.44. The molecular weight excluding hydrogens is 396 g/mol. The van der Waals surface area contributed by atoms with Crippen LogP contribution in [0.4, 0.5) is 0 Å². The summed E-state index contributed by atoms with van der Waals surface area (Å²) in [6, 6.07) is 0. The van der Waals surface area contributed by atoms with Gasteiger partial charge >= 0.3 is 0 Å². The molecule has 168 valence electrons. The number of rotatable bonds is 2. The maximum atomic E-state index is 11.0. The molecule has 2 fully saturated rings. The first-order chi connectivity index (χ1) is 13.3. The number of imide groups is 2. The summed E-state index contributed by atoms with van der Waals surface area (Å²) in [5, 5.41) is -0.255. The van der Waals surface area contributed by atoms with Crippen LogP contribution in [0.5, 0.6) is 0 Å². The highest BCUT2D eigenvalue weighted by atomic mass is 32.2. The van der Waals surface area contributed by atoms with Gasteiger partial charge in [-0.05, 0) is 12.5 Å². The van der Waals surface area contributed by atoms with Crippen molar-refractivity contribution in [3.8, 4) is 0 Å². The van der Waals surface area contributed by atoms with Gasteiger partial charge < -0.3 is 0 Å². The fourth-order valence-corrected chi connectivity index (χ4v) is 3.15. The van der Waals surface area contributed by atoms with E-state index in [1.165, 1.54) is 47.4 Å². The van der Waals surface area contributed by atoms with Gasteiger partial charge in [0.25, 0.3) is 0 Å². The number of carbonyl (C=O) groups is 4. The summed E-state index contributed by atoms with van der Waals surface area (Å²) in [6.07, 6.45) is 4.43. The van der Waals surface area contributed by atoms with Gasteiger partial charge in [-0.25, -0.2) is 0 Å². The van der Waals surface area contributed by atoms with Crippen LogP contribution in [0.3, 0.4) is 0 Å². The van der Waals surface area contributed by atoms with Crippen molar-refractivity contribution in [3.05, 3.63) is 0 Å². The highest BCUT2D eigenvalue weighted by molar-refractivity contribution is 8.00. The SMILES string of the molecule is CC.CC.CC.CC.CSC1CC(=O)N(C)C1=O.CSC1CC(=O)N(C)C1=O. The van der Waals surface area contributed by atoms with E-state index in [0.29, 0.717) is 12.8 Å². The highest BCUT2D eigenvalue weighted by Crippen LogP contribution is 2.21. The number of thioether (sulfide) groups is 2. The Balaban J connectivity index is -0.000000152. The van der Waals surface area contributed by atoms with Crippen LogP contribution in [0.25, 0.3) is 0 Å². The lowest BCUT2D eigenvalue weighted by atomic mass is 10.4. The Morgan fingerprint density at radius 2 is 0.821 bits per heavy atom. The molecule has 0 bridgehead atoms. The van der Waals surface area contributed by atoms with Gasteiger partial charge in [0.2, 0.25) is 23.6 Å². The van der Waals surface area contributed by atoms with E-state index in [9.17, 15) is 19.2 Å². The second kappa shape index (κ2) is 22.3. The molecule has 2 heterocycles. The Morgan fingerprint density at radius 1 is 0.607 bits per heavy atom. The van der Waals surface area contributed by atoms with E-state index in [1.54, 1.807) is 0 Å². The molecule has 2 aliphatic heterocycles. The molecule has 2 unspecified atom stereocenters. The molecule has 0 aromatic rings. The lowest BCUT2D eigenvalue weighted by Gasteiger charge is -2.04. The number of hydrogen-bond acceptors (Lipinski definition) is 6. The van der Waals surface area contributed by atoms with Crippen LogP contribution in [-0.4, -0.2) is 70.5 Å². The normalized spacial score (nSPS) is 19.6. The molecule has 2 aliphatic rings. The molecule has 6 nitrogen and oxygen atoms in total. The Labute approximate surface area is 181 Å². The van der Waals surface area contributed by atoms with Crippen LogP contribution in [0.15, 0.2) is 0 Å². The Morgan fingerprint density at radius 3 is 0.893 bits per heavy atom. The van der Waals surface area contributed by atoms with E-state index < -0.39 is 0 Å². The lowest BCUT2D eigenvalue weighted by Crippen LogP contribution is -2.26. The average molecular weight is 439 g/mol. The summed E-state index contributed by atoms with van der Waals surface area (Å²) in [5.74, 6) is -0.247. The van der Waals surface area contributed by atoms with Gasteiger partial charge in [0, 0.05) is 26.9 Å². The standard InChI is InChI=1S/2C6H9NO2S.4C2H6/c2*1-7-5(8)3-4(10-2)6(7)9;4*1-2/h2*4H,3H2,1-2H3;4*1-2H3. The number of nitrogens with zero attached hydrogens (tertiary/aromatic N) is 2. The van der Waals surface area contributed by atoms with Gasteiger partial charge in [-0.15, -0.1) is 0 Å². The van der Waals surface area contributed by atoms with Gasteiger partial charge in [0.1, 0.15) is 0 Å². The third kappa shape index (κ3) is 11.7. The third-order valence-electron chi connectivity index (χ3n) is 3.25. The Hall–Kier alpha value is -1.02. The molecule has 0 saturated carbocycles. The fraction of sp³-hybridized carbons (Fsp3) is 0.800. The monoisotopic (exact) mass is 438 g/mol. The smallest absolute Gasteiger partial charge is 0.242 e. The van der Waals surface area contributed by atoms with Gasteiger partial charge in [-0.1, -0.05) is 55.4 Å². The zero-order valence-corrected chi connectivity index (χ0v) is 21.5. The second-order valence-corrected chi connectivity index (χ2v) is 6.52. The van der Waals surface area contributed by atoms with E-state index in [1.807, 2.05) is 67.9 Å². The molecule has 4 amide bonds. The summed E-state index contributed by atoms with van der Waals surface area (Å²) < 4.78 is 0. The van der Waals surface area contributed by atoms with Crippen molar-refractivity contribution in [3.63, 3.8) is 0 Å². The molecule has 2 rings (SSSR count). The molecule has 2 saturated heterocycles. The summed E-state index contributed by atoms with van der Waals surface area (Å²) in [4.78, 5) is 46.1. The van der Waals surface area contributed by atoms with Crippen molar-refractivity contribution in [2.45, 2.75) is 78.7 Å². The predicted octanol–water partition coefficient (Wildman–Crippen LogP) is 4.32. The van der Waals surface area contributed by atoms with Gasteiger partial charge in [-0.2, -0.15) is 23.5 Å².